The number of rotatable bonds is 6. The van der Waals surface area contributed by atoms with Gasteiger partial charge in [0.1, 0.15) is 12.1 Å². The standard InChI is InChI=1S/C25H35N5O4/c1-3-19-9-4-5-10-20(19)26-21(31)16-28-12-14-29(15-13-28)22(32)17-30-23(33)25(27-24(30)34)11-7-6-8-18(25)2/h4-5,9-10,18H,3,6-8,11-17H2,1-2H3,(H,26,31)(H,27,34)/t18-,25-/m0/s1. The first-order chi connectivity index (χ1) is 16.3. The van der Waals surface area contributed by atoms with Crippen LogP contribution in [0, 0.1) is 5.92 Å². The lowest BCUT2D eigenvalue weighted by molar-refractivity contribution is -0.141. The summed E-state index contributed by atoms with van der Waals surface area (Å²) in [6.07, 6.45) is 4.32. The quantitative estimate of drug-likeness (QED) is 0.619. The molecular weight excluding hydrogens is 434 g/mol. The molecule has 1 aromatic rings. The maximum Gasteiger partial charge on any atom is 0.325 e. The van der Waals surface area contributed by atoms with Crippen LogP contribution in [0.15, 0.2) is 24.3 Å². The van der Waals surface area contributed by atoms with Crippen LogP contribution in [0.5, 0.6) is 0 Å². The van der Waals surface area contributed by atoms with Crippen molar-refractivity contribution in [2.24, 2.45) is 5.92 Å². The van der Waals surface area contributed by atoms with Gasteiger partial charge >= 0.3 is 6.03 Å². The number of nitrogens with one attached hydrogen (secondary N) is 2. The lowest BCUT2D eigenvalue weighted by Gasteiger charge is -2.37. The molecule has 184 valence electrons. The molecule has 3 aliphatic rings. The highest BCUT2D eigenvalue weighted by molar-refractivity contribution is 6.09. The van der Waals surface area contributed by atoms with Crippen molar-refractivity contribution in [3.8, 4) is 0 Å². The van der Waals surface area contributed by atoms with E-state index in [-0.39, 0.29) is 36.7 Å². The second kappa shape index (κ2) is 10.1. The molecule has 0 aromatic heterocycles. The summed E-state index contributed by atoms with van der Waals surface area (Å²) in [4.78, 5) is 55.9. The number of para-hydroxylation sites is 1. The number of hydrogen-bond acceptors (Lipinski definition) is 5. The number of amides is 5. The summed E-state index contributed by atoms with van der Waals surface area (Å²) >= 11 is 0. The number of hydrogen-bond donors (Lipinski definition) is 2. The van der Waals surface area contributed by atoms with Gasteiger partial charge in [0.15, 0.2) is 0 Å². The predicted octanol–water partition coefficient (Wildman–Crippen LogP) is 1.83. The van der Waals surface area contributed by atoms with E-state index in [1.54, 1.807) is 4.90 Å². The molecule has 9 heteroatoms. The van der Waals surface area contributed by atoms with Gasteiger partial charge in [0.25, 0.3) is 5.91 Å². The number of anilines is 1. The summed E-state index contributed by atoms with van der Waals surface area (Å²) < 4.78 is 0. The van der Waals surface area contributed by atoms with Gasteiger partial charge in [0, 0.05) is 31.9 Å². The zero-order valence-corrected chi connectivity index (χ0v) is 20.1. The third-order valence-corrected chi connectivity index (χ3v) is 7.56. The highest BCUT2D eigenvalue weighted by atomic mass is 16.2. The van der Waals surface area contributed by atoms with E-state index in [2.05, 4.69) is 17.6 Å². The first kappa shape index (κ1) is 24.2. The van der Waals surface area contributed by atoms with Gasteiger partial charge in [-0.3, -0.25) is 24.2 Å². The summed E-state index contributed by atoms with van der Waals surface area (Å²) in [5.41, 5.74) is 1.08. The van der Waals surface area contributed by atoms with Crippen LogP contribution in [0.1, 0.15) is 45.1 Å². The summed E-state index contributed by atoms with van der Waals surface area (Å²) in [7, 11) is 0. The van der Waals surface area contributed by atoms with Crippen molar-refractivity contribution >= 4 is 29.4 Å². The third-order valence-electron chi connectivity index (χ3n) is 7.56. The van der Waals surface area contributed by atoms with Crippen LogP contribution in [0.25, 0.3) is 0 Å². The van der Waals surface area contributed by atoms with Crippen molar-refractivity contribution in [1.82, 2.24) is 20.0 Å². The minimum atomic E-state index is -0.849. The fourth-order valence-electron chi connectivity index (χ4n) is 5.37. The van der Waals surface area contributed by atoms with E-state index in [1.165, 1.54) is 0 Å². The van der Waals surface area contributed by atoms with Crippen LogP contribution in [0.4, 0.5) is 10.5 Å². The maximum absolute atomic E-state index is 13.1. The number of nitrogens with zero attached hydrogens (tertiary/aromatic N) is 3. The molecule has 0 bridgehead atoms. The van der Waals surface area contributed by atoms with E-state index in [9.17, 15) is 19.2 Å². The van der Waals surface area contributed by atoms with Gasteiger partial charge in [-0.1, -0.05) is 44.9 Å². The lowest BCUT2D eigenvalue weighted by Crippen LogP contribution is -2.55. The van der Waals surface area contributed by atoms with Crippen LogP contribution in [-0.4, -0.2) is 83.3 Å². The van der Waals surface area contributed by atoms with E-state index < -0.39 is 11.6 Å². The first-order valence-corrected chi connectivity index (χ1v) is 12.4. The van der Waals surface area contributed by atoms with Crippen molar-refractivity contribution in [2.75, 3.05) is 44.6 Å². The minimum absolute atomic E-state index is 0.0665. The second-order valence-corrected chi connectivity index (χ2v) is 9.66. The Balaban J connectivity index is 1.26. The fourth-order valence-corrected chi connectivity index (χ4v) is 5.37. The molecule has 1 aromatic carbocycles. The van der Waals surface area contributed by atoms with E-state index in [4.69, 9.17) is 0 Å². The number of piperazine rings is 1. The molecule has 2 atom stereocenters. The van der Waals surface area contributed by atoms with Crippen LogP contribution in [-0.2, 0) is 20.8 Å². The molecule has 2 heterocycles. The van der Waals surface area contributed by atoms with Gasteiger partial charge in [-0.15, -0.1) is 0 Å². The highest BCUT2D eigenvalue weighted by Gasteiger charge is 2.55. The Morgan fingerprint density at radius 1 is 1.09 bits per heavy atom. The second-order valence-electron chi connectivity index (χ2n) is 9.66. The summed E-state index contributed by atoms with van der Waals surface area (Å²) in [6, 6.07) is 7.31. The number of carbonyl (C=O) groups is 4. The Labute approximate surface area is 200 Å². The molecule has 1 aliphatic carbocycles. The van der Waals surface area contributed by atoms with E-state index in [1.807, 2.05) is 36.1 Å². The van der Waals surface area contributed by atoms with E-state index >= 15 is 0 Å². The monoisotopic (exact) mass is 469 g/mol. The predicted molar refractivity (Wildman–Crippen MR) is 128 cm³/mol. The average Bonchev–Trinajstić information content (AvgIpc) is 3.06. The van der Waals surface area contributed by atoms with E-state index in [0.29, 0.717) is 32.6 Å². The van der Waals surface area contributed by atoms with Gasteiger partial charge in [-0.25, -0.2) is 4.79 Å². The Morgan fingerprint density at radius 2 is 1.82 bits per heavy atom. The average molecular weight is 470 g/mol. The molecule has 1 saturated carbocycles. The molecule has 2 saturated heterocycles. The van der Waals surface area contributed by atoms with Crippen LogP contribution >= 0.6 is 0 Å². The molecule has 34 heavy (non-hydrogen) atoms. The summed E-state index contributed by atoms with van der Waals surface area (Å²) in [5, 5.41) is 5.88. The van der Waals surface area contributed by atoms with E-state index in [0.717, 1.165) is 41.8 Å². The van der Waals surface area contributed by atoms with Crippen LogP contribution < -0.4 is 10.6 Å². The molecule has 3 fully saturated rings. The Kier molecular flexibility index (Phi) is 7.21. The smallest absolute Gasteiger partial charge is 0.325 e. The van der Waals surface area contributed by atoms with Crippen LogP contribution in [0.2, 0.25) is 0 Å². The molecule has 9 nitrogen and oxygen atoms in total. The van der Waals surface area contributed by atoms with Gasteiger partial charge in [-0.05, 0) is 36.8 Å². The Morgan fingerprint density at radius 3 is 2.53 bits per heavy atom. The topological polar surface area (TPSA) is 102 Å². The zero-order valence-electron chi connectivity index (χ0n) is 20.1. The van der Waals surface area contributed by atoms with Gasteiger partial charge in [0.05, 0.1) is 6.54 Å². The SMILES string of the molecule is CCc1ccccc1NC(=O)CN1CCN(C(=O)CN2C(=O)N[C@]3(CCCC[C@@H]3C)C2=O)CC1. The number of aryl methyl sites for hydroxylation is 1. The van der Waals surface area contributed by atoms with Gasteiger partial charge < -0.3 is 15.5 Å². The Hall–Kier alpha value is -2.94. The molecule has 4 rings (SSSR count). The molecule has 1 spiro atoms. The largest absolute Gasteiger partial charge is 0.339 e. The normalized spacial score (nSPS) is 25.5. The molecule has 2 aliphatic heterocycles. The molecule has 2 N–H and O–H groups in total. The molecular formula is C25H35N5O4. The molecule has 0 radical (unpaired) electrons. The maximum atomic E-state index is 13.1. The van der Waals surface area contributed by atoms with Crippen molar-refractivity contribution < 1.29 is 19.2 Å². The minimum Gasteiger partial charge on any atom is -0.339 e. The summed E-state index contributed by atoms with van der Waals surface area (Å²) in [6.45, 7) is 6.13. The van der Waals surface area contributed by atoms with Crippen molar-refractivity contribution in [3.05, 3.63) is 29.8 Å². The molecule has 5 amide bonds. The third kappa shape index (κ3) is 4.80. The van der Waals surface area contributed by atoms with Crippen LogP contribution in [0.3, 0.4) is 0 Å². The van der Waals surface area contributed by atoms with Crippen molar-refractivity contribution in [2.45, 2.75) is 51.5 Å². The number of carbonyl (C=O) groups excluding carboxylic acids is 4. The van der Waals surface area contributed by atoms with Crippen molar-refractivity contribution in [3.63, 3.8) is 0 Å². The Bertz CT molecular complexity index is 958. The van der Waals surface area contributed by atoms with Gasteiger partial charge in [-0.2, -0.15) is 0 Å². The number of imide groups is 1. The number of urea groups is 1. The summed E-state index contributed by atoms with van der Waals surface area (Å²) in [5.74, 6) is -0.505. The first-order valence-electron chi connectivity index (χ1n) is 12.4. The number of benzene rings is 1. The highest BCUT2D eigenvalue weighted by Crippen LogP contribution is 2.38. The molecule has 0 unspecified atom stereocenters. The lowest BCUT2D eigenvalue weighted by atomic mass is 9.73. The fraction of sp³-hybridized carbons (Fsp3) is 0.600. The van der Waals surface area contributed by atoms with Crippen molar-refractivity contribution in [1.29, 1.82) is 0 Å². The van der Waals surface area contributed by atoms with Gasteiger partial charge in [0.2, 0.25) is 11.8 Å². The zero-order chi connectivity index (χ0) is 24.3.